The molecule has 2 heterocycles. The molecule has 154 valence electrons. The second kappa shape index (κ2) is 8.27. The summed E-state index contributed by atoms with van der Waals surface area (Å²) in [6.07, 6.45) is 5.34. The minimum Gasteiger partial charge on any atom is -0.344 e. The third kappa shape index (κ3) is 4.20. The van der Waals surface area contributed by atoms with Gasteiger partial charge in [-0.25, -0.2) is 4.98 Å². The summed E-state index contributed by atoms with van der Waals surface area (Å²) < 4.78 is 1.80. The molecule has 30 heavy (non-hydrogen) atoms. The molecule has 1 N–H and O–H groups in total. The fourth-order valence-corrected chi connectivity index (χ4v) is 4.05. The summed E-state index contributed by atoms with van der Waals surface area (Å²) in [5.74, 6) is 1.10. The maximum Gasteiger partial charge on any atom is 0.231 e. The Labute approximate surface area is 177 Å². The van der Waals surface area contributed by atoms with E-state index in [0.717, 1.165) is 24.1 Å². The van der Waals surface area contributed by atoms with Crippen molar-refractivity contribution in [3.63, 3.8) is 0 Å². The highest BCUT2D eigenvalue weighted by atomic mass is 16.1. The van der Waals surface area contributed by atoms with Crippen molar-refractivity contribution in [3.05, 3.63) is 82.3 Å². The minimum atomic E-state index is -0.137. The number of aryl methyl sites for hydroxylation is 2. The molecule has 0 spiro atoms. The van der Waals surface area contributed by atoms with E-state index in [1.807, 2.05) is 56.6 Å². The first-order chi connectivity index (χ1) is 14.4. The third-order valence-corrected chi connectivity index (χ3v) is 5.94. The number of hydrogen-bond acceptors (Lipinski definition) is 3. The van der Waals surface area contributed by atoms with Gasteiger partial charge < -0.3 is 9.88 Å². The average molecular weight is 402 g/mol. The summed E-state index contributed by atoms with van der Waals surface area (Å²) in [6, 6.07) is 13.1. The van der Waals surface area contributed by atoms with Crippen molar-refractivity contribution in [2.75, 3.05) is 5.32 Å². The van der Waals surface area contributed by atoms with Crippen LogP contribution in [0.5, 0.6) is 0 Å². The predicted molar refractivity (Wildman–Crippen MR) is 118 cm³/mol. The number of nitrogens with one attached hydrogen (secondary N) is 1. The number of carbonyl (C=O) groups excluding carboxylic acids is 2. The molecule has 1 aliphatic rings. The molecule has 0 aliphatic heterocycles. The molecule has 1 atom stereocenters. The van der Waals surface area contributed by atoms with Gasteiger partial charge in [-0.2, -0.15) is 0 Å². The van der Waals surface area contributed by atoms with Gasteiger partial charge in [0.05, 0.1) is 12.1 Å². The Bertz CT molecular complexity index is 1100. The molecular formula is C25H27N3O2. The number of fused-ring (bicyclic) bond motifs is 1. The van der Waals surface area contributed by atoms with Crippen molar-refractivity contribution in [2.24, 2.45) is 13.0 Å². The van der Waals surface area contributed by atoms with Crippen LogP contribution < -0.4 is 5.32 Å². The number of rotatable bonds is 5. The largest absolute Gasteiger partial charge is 0.344 e. The van der Waals surface area contributed by atoms with Crippen molar-refractivity contribution in [1.29, 1.82) is 0 Å². The van der Waals surface area contributed by atoms with E-state index >= 15 is 0 Å². The summed E-state index contributed by atoms with van der Waals surface area (Å²) >= 11 is 0. The number of ketones is 1. The lowest BCUT2D eigenvalue weighted by atomic mass is 9.86. The molecule has 1 amide bonds. The number of benzene rings is 1. The first kappa shape index (κ1) is 20.1. The molecular weight excluding hydrogens is 374 g/mol. The number of amides is 1. The van der Waals surface area contributed by atoms with Crippen molar-refractivity contribution in [3.8, 4) is 0 Å². The number of aromatic nitrogens is 2. The highest BCUT2D eigenvalue weighted by Crippen LogP contribution is 2.26. The molecule has 1 unspecified atom stereocenters. The van der Waals surface area contributed by atoms with E-state index in [0.29, 0.717) is 23.0 Å². The normalized spacial score (nSPS) is 15.5. The maximum atomic E-state index is 12.8. The molecule has 0 saturated carbocycles. The van der Waals surface area contributed by atoms with E-state index in [1.165, 1.54) is 17.5 Å². The predicted octanol–water partition coefficient (Wildman–Crippen LogP) is 4.27. The smallest absolute Gasteiger partial charge is 0.231 e. The molecule has 4 rings (SSSR count). The lowest BCUT2D eigenvalue weighted by molar-refractivity contribution is -0.115. The van der Waals surface area contributed by atoms with Crippen LogP contribution in [0, 0.1) is 12.8 Å². The first-order valence-corrected chi connectivity index (χ1v) is 10.4. The van der Waals surface area contributed by atoms with Crippen LogP contribution in [0.4, 0.5) is 5.82 Å². The van der Waals surface area contributed by atoms with Crippen LogP contribution in [-0.4, -0.2) is 21.2 Å². The highest BCUT2D eigenvalue weighted by Gasteiger charge is 2.18. The lowest BCUT2D eigenvalue weighted by Gasteiger charge is -2.21. The number of nitrogens with zero attached hydrogens (tertiary/aromatic N) is 2. The minimum absolute atomic E-state index is 0.0465. The topological polar surface area (TPSA) is 64.0 Å². The third-order valence-electron chi connectivity index (χ3n) is 5.94. The monoisotopic (exact) mass is 401 g/mol. The Balaban J connectivity index is 1.44. The highest BCUT2D eigenvalue weighted by molar-refractivity contribution is 6.08. The fourth-order valence-electron chi connectivity index (χ4n) is 4.05. The van der Waals surface area contributed by atoms with Crippen LogP contribution in [-0.2, 0) is 31.1 Å². The van der Waals surface area contributed by atoms with E-state index < -0.39 is 0 Å². The quantitative estimate of drug-likeness (QED) is 0.650. The molecule has 0 saturated heterocycles. The number of pyridine rings is 1. The van der Waals surface area contributed by atoms with E-state index in [1.54, 1.807) is 10.6 Å². The van der Waals surface area contributed by atoms with Gasteiger partial charge in [-0.3, -0.25) is 9.59 Å². The van der Waals surface area contributed by atoms with Gasteiger partial charge in [0.1, 0.15) is 5.82 Å². The van der Waals surface area contributed by atoms with Crippen molar-refractivity contribution < 1.29 is 9.59 Å². The molecule has 0 fully saturated rings. The van der Waals surface area contributed by atoms with Crippen molar-refractivity contribution in [1.82, 2.24) is 9.55 Å². The van der Waals surface area contributed by atoms with Crippen LogP contribution in [0.1, 0.15) is 51.8 Å². The zero-order chi connectivity index (χ0) is 21.3. The molecule has 2 aromatic heterocycles. The second-order valence-corrected chi connectivity index (χ2v) is 8.38. The molecule has 0 radical (unpaired) electrons. The molecule has 0 bridgehead atoms. The molecule has 5 nitrogen and oxygen atoms in total. The summed E-state index contributed by atoms with van der Waals surface area (Å²) in [5, 5.41) is 2.91. The van der Waals surface area contributed by atoms with Crippen molar-refractivity contribution in [2.45, 2.75) is 39.5 Å². The van der Waals surface area contributed by atoms with Crippen molar-refractivity contribution >= 4 is 17.5 Å². The molecule has 3 aromatic rings. The molecule has 5 heteroatoms. The maximum absolute atomic E-state index is 12.8. The zero-order valence-electron chi connectivity index (χ0n) is 17.7. The van der Waals surface area contributed by atoms with Gasteiger partial charge in [-0.15, -0.1) is 0 Å². The number of hydrogen-bond donors (Lipinski definition) is 1. The van der Waals surface area contributed by atoms with Crippen LogP contribution in [0.3, 0.4) is 0 Å². The Hall–Kier alpha value is -3.21. The summed E-state index contributed by atoms with van der Waals surface area (Å²) in [6.45, 7) is 4.25. The Kier molecular flexibility index (Phi) is 5.53. The van der Waals surface area contributed by atoms with Gasteiger partial charge in [-0.1, -0.05) is 36.8 Å². The Morgan fingerprint density at radius 1 is 1.13 bits per heavy atom. The van der Waals surface area contributed by atoms with Gasteiger partial charge in [-0.05, 0) is 61.4 Å². The standard InChI is InChI=1S/C25H27N3O2/c1-16-4-7-18(8-5-16)25(30)22-11-10-21(28(22)3)14-24(29)27-23-13-19-9-6-17(2)12-20(19)15-26-23/h4-5,7-8,10-11,13,15,17H,6,9,12,14H2,1-3H3,(H,26,27,29). The van der Waals surface area contributed by atoms with E-state index in [-0.39, 0.29) is 18.1 Å². The fraction of sp³-hybridized carbons (Fsp3) is 0.320. The lowest BCUT2D eigenvalue weighted by Crippen LogP contribution is -2.19. The number of carbonyl (C=O) groups is 2. The SMILES string of the molecule is Cc1ccc(C(=O)c2ccc(CC(=O)Nc3cc4c(cn3)CC(C)CC4)n2C)cc1. The van der Waals surface area contributed by atoms with Gasteiger partial charge in [0.15, 0.2) is 0 Å². The van der Waals surface area contributed by atoms with E-state index in [9.17, 15) is 9.59 Å². The molecule has 1 aromatic carbocycles. The van der Waals surface area contributed by atoms with E-state index in [4.69, 9.17) is 0 Å². The summed E-state index contributed by atoms with van der Waals surface area (Å²) in [4.78, 5) is 29.8. The van der Waals surface area contributed by atoms with Gasteiger partial charge in [0.25, 0.3) is 0 Å². The second-order valence-electron chi connectivity index (χ2n) is 8.38. The van der Waals surface area contributed by atoms with Crippen LogP contribution in [0.15, 0.2) is 48.7 Å². The Morgan fingerprint density at radius 3 is 2.67 bits per heavy atom. The average Bonchev–Trinajstić information content (AvgIpc) is 3.08. The van der Waals surface area contributed by atoms with Crippen LogP contribution in [0.25, 0.3) is 0 Å². The molecule has 1 aliphatic carbocycles. The van der Waals surface area contributed by atoms with Gasteiger partial charge in [0.2, 0.25) is 11.7 Å². The van der Waals surface area contributed by atoms with Crippen LogP contribution in [0.2, 0.25) is 0 Å². The number of anilines is 1. The Morgan fingerprint density at radius 2 is 1.90 bits per heavy atom. The van der Waals surface area contributed by atoms with Gasteiger partial charge >= 0.3 is 0 Å². The van der Waals surface area contributed by atoms with Gasteiger partial charge in [0, 0.05) is 24.5 Å². The zero-order valence-corrected chi connectivity index (χ0v) is 17.7. The van der Waals surface area contributed by atoms with Crippen LogP contribution >= 0.6 is 0 Å². The first-order valence-electron chi connectivity index (χ1n) is 10.4. The van der Waals surface area contributed by atoms with E-state index in [2.05, 4.69) is 17.2 Å². The summed E-state index contributed by atoms with van der Waals surface area (Å²) in [7, 11) is 1.82. The summed E-state index contributed by atoms with van der Waals surface area (Å²) in [5.41, 5.74) is 5.68.